The molecule has 0 fully saturated rings. The van der Waals surface area contributed by atoms with Gasteiger partial charge in [-0.3, -0.25) is 9.69 Å². The molecule has 0 heterocycles. The second-order valence-corrected chi connectivity index (χ2v) is 4.57. The lowest BCUT2D eigenvalue weighted by Crippen LogP contribution is -2.33. The van der Waals surface area contributed by atoms with Gasteiger partial charge in [-0.2, -0.15) is 0 Å². The maximum atomic E-state index is 11.1. The number of carbonyl (C=O) groups excluding carboxylic acids is 1. The number of nitrogens with zero attached hydrogens (tertiary/aromatic N) is 1. The van der Waals surface area contributed by atoms with Crippen LogP contribution in [0.2, 0.25) is 0 Å². The van der Waals surface area contributed by atoms with Crippen LogP contribution >= 0.6 is 0 Å². The van der Waals surface area contributed by atoms with Gasteiger partial charge in [0.1, 0.15) is 5.75 Å². The van der Waals surface area contributed by atoms with E-state index < -0.39 is 0 Å². The number of benzene rings is 1. The standard InChI is InChI=1S/C16H22N2O3/c1-3-18(12-16(17)20)11-14-10-13(6-4-5-9-19)7-8-15(14)21-2/h7-8,10,19H,3,5,9,11-12H2,1-2H3,(H2,17,20). The molecule has 5 nitrogen and oxygen atoms in total. The molecule has 1 amide bonds. The smallest absolute Gasteiger partial charge is 0.231 e. The molecular weight excluding hydrogens is 268 g/mol. The van der Waals surface area contributed by atoms with Crippen LogP contribution in [0.1, 0.15) is 24.5 Å². The summed E-state index contributed by atoms with van der Waals surface area (Å²) in [5, 5.41) is 8.74. The zero-order valence-corrected chi connectivity index (χ0v) is 12.6. The number of aliphatic hydroxyl groups excluding tert-OH is 1. The number of amides is 1. The molecule has 1 rings (SSSR count). The highest BCUT2D eigenvalue weighted by atomic mass is 16.5. The Labute approximate surface area is 125 Å². The van der Waals surface area contributed by atoms with Crippen molar-refractivity contribution in [2.45, 2.75) is 19.9 Å². The third kappa shape index (κ3) is 5.86. The summed E-state index contributed by atoms with van der Waals surface area (Å²) in [5.74, 6) is 6.28. The maximum absolute atomic E-state index is 11.1. The number of methoxy groups -OCH3 is 1. The van der Waals surface area contributed by atoms with Gasteiger partial charge in [-0.05, 0) is 24.7 Å². The fourth-order valence-corrected chi connectivity index (χ4v) is 1.94. The molecule has 0 spiro atoms. The second kappa shape index (κ2) is 9.01. The normalized spacial score (nSPS) is 10.1. The Morgan fingerprint density at radius 2 is 2.24 bits per heavy atom. The van der Waals surface area contributed by atoms with Gasteiger partial charge in [0, 0.05) is 24.1 Å². The number of primary amides is 1. The Morgan fingerprint density at radius 1 is 1.48 bits per heavy atom. The molecule has 3 N–H and O–H groups in total. The van der Waals surface area contributed by atoms with Gasteiger partial charge in [0.2, 0.25) is 5.91 Å². The van der Waals surface area contributed by atoms with Crippen LogP contribution in [0.5, 0.6) is 5.75 Å². The van der Waals surface area contributed by atoms with Crippen LogP contribution in [0.3, 0.4) is 0 Å². The zero-order valence-electron chi connectivity index (χ0n) is 12.6. The number of likely N-dealkylation sites (N-methyl/N-ethyl adjacent to an activating group) is 1. The number of ether oxygens (including phenoxy) is 1. The highest BCUT2D eigenvalue weighted by Gasteiger charge is 2.11. The molecule has 0 unspecified atom stereocenters. The molecule has 114 valence electrons. The lowest BCUT2D eigenvalue weighted by molar-refractivity contribution is -0.119. The molecule has 0 aliphatic heterocycles. The number of hydrogen-bond acceptors (Lipinski definition) is 4. The van der Waals surface area contributed by atoms with Crippen LogP contribution in [-0.2, 0) is 11.3 Å². The minimum atomic E-state index is -0.352. The summed E-state index contributed by atoms with van der Waals surface area (Å²) in [7, 11) is 1.61. The van der Waals surface area contributed by atoms with E-state index in [4.69, 9.17) is 15.6 Å². The third-order valence-corrected chi connectivity index (χ3v) is 2.97. The highest BCUT2D eigenvalue weighted by Crippen LogP contribution is 2.21. The van der Waals surface area contributed by atoms with Gasteiger partial charge in [0.05, 0.1) is 20.3 Å². The fourth-order valence-electron chi connectivity index (χ4n) is 1.94. The van der Waals surface area contributed by atoms with E-state index in [1.54, 1.807) is 7.11 Å². The molecule has 0 aromatic heterocycles. The van der Waals surface area contributed by atoms with Crippen LogP contribution in [0.25, 0.3) is 0 Å². The molecule has 0 saturated carbocycles. The topological polar surface area (TPSA) is 75.8 Å². The van der Waals surface area contributed by atoms with Crippen LogP contribution in [0.4, 0.5) is 0 Å². The first-order chi connectivity index (χ1) is 10.1. The average molecular weight is 290 g/mol. The Hall–Kier alpha value is -2.03. The van der Waals surface area contributed by atoms with Gasteiger partial charge in [-0.25, -0.2) is 0 Å². The number of carbonyl (C=O) groups is 1. The predicted molar refractivity (Wildman–Crippen MR) is 81.7 cm³/mol. The molecule has 0 radical (unpaired) electrons. The van der Waals surface area contributed by atoms with Crippen molar-refractivity contribution in [3.05, 3.63) is 29.3 Å². The second-order valence-electron chi connectivity index (χ2n) is 4.57. The Morgan fingerprint density at radius 3 is 2.81 bits per heavy atom. The van der Waals surface area contributed by atoms with Crippen LogP contribution in [-0.4, -0.2) is 42.7 Å². The molecule has 1 aromatic carbocycles. The van der Waals surface area contributed by atoms with Gasteiger partial charge in [-0.15, -0.1) is 0 Å². The quantitative estimate of drug-likeness (QED) is 0.726. The van der Waals surface area contributed by atoms with Crippen molar-refractivity contribution in [2.75, 3.05) is 26.8 Å². The first-order valence-electron chi connectivity index (χ1n) is 6.88. The highest BCUT2D eigenvalue weighted by molar-refractivity contribution is 5.75. The lowest BCUT2D eigenvalue weighted by Gasteiger charge is -2.20. The summed E-state index contributed by atoms with van der Waals surface area (Å²) in [4.78, 5) is 13.0. The van der Waals surface area contributed by atoms with E-state index in [9.17, 15) is 4.79 Å². The first kappa shape index (κ1) is 17.0. The minimum Gasteiger partial charge on any atom is -0.496 e. The Bertz CT molecular complexity index is 532. The van der Waals surface area contributed by atoms with Gasteiger partial charge < -0.3 is 15.6 Å². The van der Waals surface area contributed by atoms with Crippen molar-refractivity contribution < 1.29 is 14.6 Å². The van der Waals surface area contributed by atoms with Crippen molar-refractivity contribution in [1.82, 2.24) is 4.90 Å². The minimum absolute atomic E-state index is 0.0538. The summed E-state index contributed by atoms with van der Waals surface area (Å²) in [6.07, 6.45) is 0.449. The van der Waals surface area contributed by atoms with Crippen molar-refractivity contribution in [1.29, 1.82) is 0 Å². The zero-order chi connectivity index (χ0) is 15.7. The van der Waals surface area contributed by atoms with Gasteiger partial charge in [0.15, 0.2) is 0 Å². The predicted octanol–water partition coefficient (Wildman–Crippen LogP) is 0.736. The summed E-state index contributed by atoms with van der Waals surface area (Å²) < 4.78 is 5.35. The molecule has 5 heteroatoms. The Balaban J connectivity index is 2.94. The van der Waals surface area contributed by atoms with Crippen LogP contribution < -0.4 is 10.5 Å². The molecular formula is C16H22N2O3. The van der Waals surface area contributed by atoms with Gasteiger partial charge in [-0.1, -0.05) is 18.8 Å². The summed E-state index contributed by atoms with van der Waals surface area (Å²) >= 11 is 0. The molecule has 1 aromatic rings. The van der Waals surface area contributed by atoms with E-state index in [1.807, 2.05) is 30.0 Å². The summed E-state index contributed by atoms with van der Waals surface area (Å²) in [6.45, 7) is 3.52. The van der Waals surface area contributed by atoms with E-state index in [0.29, 0.717) is 19.5 Å². The summed E-state index contributed by atoms with van der Waals surface area (Å²) in [6, 6.07) is 5.67. The molecule has 21 heavy (non-hydrogen) atoms. The number of rotatable bonds is 7. The van der Waals surface area contributed by atoms with Crippen LogP contribution in [0, 0.1) is 11.8 Å². The lowest BCUT2D eigenvalue weighted by atomic mass is 10.1. The molecule has 0 bridgehead atoms. The molecule has 0 aliphatic carbocycles. The van der Waals surface area contributed by atoms with Gasteiger partial charge in [0.25, 0.3) is 0 Å². The Kier molecular flexibility index (Phi) is 7.30. The van der Waals surface area contributed by atoms with E-state index >= 15 is 0 Å². The molecule has 0 atom stereocenters. The van der Waals surface area contributed by atoms with Crippen molar-refractivity contribution in [3.8, 4) is 17.6 Å². The first-order valence-corrected chi connectivity index (χ1v) is 6.88. The van der Waals surface area contributed by atoms with E-state index in [2.05, 4.69) is 11.8 Å². The van der Waals surface area contributed by atoms with E-state index in [0.717, 1.165) is 16.9 Å². The SMILES string of the molecule is CCN(CC(N)=O)Cc1cc(C#CCCO)ccc1OC. The van der Waals surface area contributed by atoms with Crippen molar-refractivity contribution in [2.24, 2.45) is 5.73 Å². The molecule has 0 aliphatic rings. The largest absolute Gasteiger partial charge is 0.496 e. The average Bonchev–Trinajstić information content (AvgIpc) is 2.46. The summed E-state index contributed by atoms with van der Waals surface area (Å²) in [5.41, 5.74) is 7.06. The third-order valence-electron chi connectivity index (χ3n) is 2.97. The van der Waals surface area contributed by atoms with Crippen LogP contribution in [0.15, 0.2) is 18.2 Å². The molecule has 0 saturated heterocycles. The van der Waals surface area contributed by atoms with E-state index in [1.165, 1.54) is 0 Å². The number of nitrogens with two attached hydrogens (primary N) is 1. The van der Waals surface area contributed by atoms with Gasteiger partial charge >= 0.3 is 0 Å². The van der Waals surface area contributed by atoms with E-state index in [-0.39, 0.29) is 19.1 Å². The maximum Gasteiger partial charge on any atom is 0.231 e. The monoisotopic (exact) mass is 290 g/mol. The fraction of sp³-hybridized carbons (Fsp3) is 0.438. The van der Waals surface area contributed by atoms with Crippen molar-refractivity contribution >= 4 is 5.91 Å². The number of hydrogen-bond donors (Lipinski definition) is 2. The number of aliphatic hydroxyl groups is 1. The van der Waals surface area contributed by atoms with Crippen molar-refractivity contribution in [3.63, 3.8) is 0 Å².